The number of furan rings is 1. The maximum Gasteiger partial charge on any atom is 0.409 e. The maximum absolute atomic E-state index is 11.8. The first-order valence-corrected chi connectivity index (χ1v) is 10.9. The molecule has 1 fully saturated rings. The number of ether oxygens (including phenoxy) is 1. The van der Waals surface area contributed by atoms with Crippen molar-refractivity contribution in [2.45, 2.75) is 44.4 Å². The summed E-state index contributed by atoms with van der Waals surface area (Å²) in [5, 5.41) is 7.40. The van der Waals surface area contributed by atoms with Gasteiger partial charge in [-0.25, -0.2) is 4.79 Å². The number of nitrogens with zero attached hydrogens (tertiary/aromatic N) is 2. The standard InChI is InChI=1S/C19H32N4O3S.HI/c1-4-25-19(24)23-11-8-16(9-12-23)22-18(21-14-15(2)27-3)20-10-7-17-6-5-13-26-17;/h5-6,13,15-16H,4,7-12,14H2,1-3H3,(H2,20,21,22);1H. The largest absolute Gasteiger partial charge is 0.469 e. The van der Waals surface area contributed by atoms with E-state index in [1.54, 1.807) is 11.2 Å². The molecule has 0 radical (unpaired) electrons. The highest BCUT2D eigenvalue weighted by molar-refractivity contribution is 14.0. The van der Waals surface area contributed by atoms with Crippen LogP contribution in [0.4, 0.5) is 4.79 Å². The van der Waals surface area contributed by atoms with Gasteiger partial charge in [-0.1, -0.05) is 6.92 Å². The Labute approximate surface area is 189 Å². The van der Waals surface area contributed by atoms with Gasteiger partial charge in [0, 0.05) is 37.3 Å². The topological polar surface area (TPSA) is 79.1 Å². The van der Waals surface area contributed by atoms with Gasteiger partial charge in [-0.3, -0.25) is 4.99 Å². The number of carbonyl (C=O) groups excluding carboxylic acids is 1. The minimum Gasteiger partial charge on any atom is -0.469 e. The van der Waals surface area contributed by atoms with E-state index in [1.165, 1.54) is 0 Å². The number of likely N-dealkylation sites (tertiary alicyclic amines) is 1. The highest BCUT2D eigenvalue weighted by atomic mass is 127. The van der Waals surface area contributed by atoms with Gasteiger partial charge in [-0.05, 0) is 38.2 Å². The number of guanidine groups is 1. The van der Waals surface area contributed by atoms with Crippen LogP contribution in [0, 0.1) is 0 Å². The first-order chi connectivity index (χ1) is 13.1. The summed E-state index contributed by atoms with van der Waals surface area (Å²) >= 11 is 1.81. The van der Waals surface area contributed by atoms with Crippen LogP contribution in [0.15, 0.2) is 27.8 Å². The van der Waals surface area contributed by atoms with Crippen LogP contribution in [0.3, 0.4) is 0 Å². The molecule has 1 aliphatic heterocycles. The molecule has 1 atom stereocenters. The Bertz CT molecular complexity index is 578. The normalized spacial score (nSPS) is 16.2. The van der Waals surface area contributed by atoms with Crippen molar-refractivity contribution >= 4 is 47.8 Å². The van der Waals surface area contributed by atoms with Gasteiger partial charge in [0.25, 0.3) is 0 Å². The van der Waals surface area contributed by atoms with Crippen LogP contribution in [0.5, 0.6) is 0 Å². The first kappa shape index (κ1) is 24.9. The van der Waals surface area contributed by atoms with Crippen LogP contribution < -0.4 is 10.6 Å². The lowest BCUT2D eigenvalue weighted by molar-refractivity contribution is 0.0963. The number of piperidine rings is 1. The van der Waals surface area contributed by atoms with Crippen LogP contribution in [0.1, 0.15) is 32.4 Å². The molecule has 2 rings (SSSR count). The Balaban J connectivity index is 0.00000392. The summed E-state index contributed by atoms with van der Waals surface area (Å²) in [5.74, 6) is 1.79. The lowest BCUT2D eigenvalue weighted by Crippen LogP contribution is -2.50. The third-order valence-electron chi connectivity index (χ3n) is 4.51. The lowest BCUT2D eigenvalue weighted by atomic mass is 10.1. The fraction of sp³-hybridized carbons (Fsp3) is 0.684. The van der Waals surface area contributed by atoms with Crippen LogP contribution in [0.25, 0.3) is 0 Å². The molecule has 1 unspecified atom stereocenters. The van der Waals surface area contributed by atoms with E-state index in [4.69, 9.17) is 14.1 Å². The van der Waals surface area contributed by atoms with Gasteiger partial charge in [0.15, 0.2) is 5.96 Å². The van der Waals surface area contributed by atoms with E-state index in [1.807, 2.05) is 30.8 Å². The van der Waals surface area contributed by atoms with Gasteiger partial charge in [-0.2, -0.15) is 11.8 Å². The summed E-state index contributed by atoms with van der Waals surface area (Å²) < 4.78 is 10.5. The number of hydrogen-bond donors (Lipinski definition) is 2. The molecule has 7 nitrogen and oxygen atoms in total. The number of carbonyl (C=O) groups is 1. The van der Waals surface area contributed by atoms with Gasteiger partial charge in [0.05, 0.1) is 19.4 Å². The Morgan fingerprint density at radius 2 is 2.21 bits per heavy atom. The maximum atomic E-state index is 11.8. The zero-order valence-corrected chi connectivity index (χ0v) is 20.1. The van der Waals surface area contributed by atoms with E-state index >= 15 is 0 Å². The molecule has 1 aliphatic rings. The second kappa shape index (κ2) is 14.0. The summed E-state index contributed by atoms with van der Waals surface area (Å²) in [6.45, 7) is 7.36. The monoisotopic (exact) mass is 524 g/mol. The molecule has 2 heterocycles. The SMILES string of the molecule is CCOC(=O)N1CCC(NC(=NCC(C)SC)NCCc2ccco2)CC1.I. The second-order valence-electron chi connectivity index (χ2n) is 6.60. The minimum absolute atomic E-state index is 0. The van der Waals surface area contributed by atoms with Gasteiger partial charge < -0.3 is 24.7 Å². The third kappa shape index (κ3) is 8.93. The van der Waals surface area contributed by atoms with Crippen molar-refractivity contribution < 1.29 is 13.9 Å². The summed E-state index contributed by atoms with van der Waals surface area (Å²) in [5.41, 5.74) is 0. The Morgan fingerprint density at radius 1 is 1.46 bits per heavy atom. The average molecular weight is 524 g/mol. The van der Waals surface area contributed by atoms with Crippen molar-refractivity contribution in [1.29, 1.82) is 0 Å². The number of halogens is 1. The predicted octanol–water partition coefficient (Wildman–Crippen LogP) is 3.35. The summed E-state index contributed by atoms with van der Waals surface area (Å²) in [6.07, 6.45) is 6.16. The van der Waals surface area contributed by atoms with Gasteiger partial charge >= 0.3 is 6.09 Å². The molecule has 0 spiro atoms. The molecule has 1 aromatic rings. The fourth-order valence-electron chi connectivity index (χ4n) is 2.82. The molecule has 1 amide bonds. The van der Waals surface area contributed by atoms with Crippen molar-refractivity contribution in [1.82, 2.24) is 15.5 Å². The van der Waals surface area contributed by atoms with Crippen molar-refractivity contribution in [3.63, 3.8) is 0 Å². The van der Waals surface area contributed by atoms with E-state index < -0.39 is 0 Å². The van der Waals surface area contributed by atoms with E-state index in [-0.39, 0.29) is 30.1 Å². The van der Waals surface area contributed by atoms with E-state index in [2.05, 4.69) is 23.8 Å². The molecule has 1 saturated heterocycles. The molecule has 1 aromatic heterocycles. The molecule has 0 saturated carbocycles. The smallest absolute Gasteiger partial charge is 0.409 e. The van der Waals surface area contributed by atoms with E-state index in [0.29, 0.717) is 31.0 Å². The first-order valence-electron chi connectivity index (χ1n) is 9.64. The van der Waals surface area contributed by atoms with Crippen LogP contribution in [-0.4, -0.2) is 67.3 Å². The number of nitrogens with one attached hydrogen (secondary N) is 2. The molecule has 0 bridgehead atoms. The zero-order chi connectivity index (χ0) is 19.5. The van der Waals surface area contributed by atoms with Crippen LogP contribution in [0.2, 0.25) is 0 Å². The Morgan fingerprint density at radius 3 is 2.82 bits per heavy atom. The van der Waals surface area contributed by atoms with Crippen molar-refractivity contribution in [2.75, 3.05) is 39.0 Å². The van der Waals surface area contributed by atoms with Crippen molar-refractivity contribution in [3.05, 3.63) is 24.2 Å². The predicted molar refractivity (Wildman–Crippen MR) is 126 cm³/mol. The lowest BCUT2D eigenvalue weighted by Gasteiger charge is -2.32. The molecule has 9 heteroatoms. The molecule has 0 aromatic carbocycles. The number of rotatable bonds is 8. The third-order valence-corrected chi connectivity index (χ3v) is 5.47. The van der Waals surface area contributed by atoms with E-state index in [9.17, 15) is 4.79 Å². The molecule has 2 N–H and O–H groups in total. The van der Waals surface area contributed by atoms with Crippen LogP contribution >= 0.6 is 35.7 Å². The van der Waals surface area contributed by atoms with Gasteiger partial charge in [0.1, 0.15) is 5.76 Å². The molecular weight excluding hydrogens is 491 g/mol. The second-order valence-corrected chi connectivity index (χ2v) is 7.87. The highest BCUT2D eigenvalue weighted by Gasteiger charge is 2.24. The van der Waals surface area contributed by atoms with Gasteiger partial charge in [-0.15, -0.1) is 24.0 Å². The average Bonchev–Trinajstić information content (AvgIpc) is 3.20. The molecule has 160 valence electrons. The quantitative estimate of drug-likeness (QED) is 0.309. The van der Waals surface area contributed by atoms with Crippen molar-refractivity contribution in [3.8, 4) is 0 Å². The Kier molecular flexibility index (Phi) is 12.4. The van der Waals surface area contributed by atoms with Crippen LogP contribution in [-0.2, 0) is 11.2 Å². The molecular formula is C19H33IN4O3S. The highest BCUT2D eigenvalue weighted by Crippen LogP contribution is 2.12. The molecule has 28 heavy (non-hydrogen) atoms. The number of aliphatic imine (C=N–C) groups is 1. The van der Waals surface area contributed by atoms with Gasteiger partial charge in [0.2, 0.25) is 0 Å². The Hall–Kier alpha value is -1.10. The zero-order valence-electron chi connectivity index (χ0n) is 17.0. The van der Waals surface area contributed by atoms with E-state index in [0.717, 1.165) is 44.1 Å². The van der Waals surface area contributed by atoms with Crippen molar-refractivity contribution in [2.24, 2.45) is 4.99 Å². The summed E-state index contributed by atoms with van der Waals surface area (Å²) in [4.78, 5) is 18.3. The fourth-order valence-corrected chi connectivity index (χ4v) is 3.04. The number of thioether (sulfide) groups is 1. The summed E-state index contributed by atoms with van der Waals surface area (Å²) in [7, 11) is 0. The minimum atomic E-state index is -0.213. The number of hydrogen-bond acceptors (Lipinski definition) is 5. The summed E-state index contributed by atoms with van der Waals surface area (Å²) in [6, 6.07) is 4.18. The molecule has 0 aliphatic carbocycles. The number of amides is 1.